The SMILES string of the molecule is COc1c(O)c(O)c(O)c(-c2oc3c(OC)c(OC)c(OC)c(O)c3c(=O)c2O)c1O. The van der Waals surface area contributed by atoms with Gasteiger partial charge < -0.3 is 54.0 Å². The Labute approximate surface area is 173 Å². The predicted molar refractivity (Wildman–Crippen MR) is 104 cm³/mol. The summed E-state index contributed by atoms with van der Waals surface area (Å²) in [5, 5.41) is 60.9. The summed E-state index contributed by atoms with van der Waals surface area (Å²) < 4.78 is 25.7. The van der Waals surface area contributed by atoms with Crippen molar-refractivity contribution in [3.8, 4) is 68.8 Å². The highest BCUT2D eigenvalue weighted by molar-refractivity contribution is 5.97. The van der Waals surface area contributed by atoms with Crippen molar-refractivity contribution in [1.29, 1.82) is 0 Å². The zero-order valence-electron chi connectivity index (χ0n) is 16.6. The fraction of sp³-hybridized carbons (Fsp3) is 0.211. The summed E-state index contributed by atoms with van der Waals surface area (Å²) in [6.07, 6.45) is 0. The summed E-state index contributed by atoms with van der Waals surface area (Å²) in [6.45, 7) is 0. The molecule has 0 aliphatic carbocycles. The molecule has 12 nitrogen and oxygen atoms in total. The summed E-state index contributed by atoms with van der Waals surface area (Å²) in [5.74, 6) is -8.25. The van der Waals surface area contributed by atoms with Crippen LogP contribution in [0.4, 0.5) is 0 Å². The first-order valence-corrected chi connectivity index (χ1v) is 8.40. The van der Waals surface area contributed by atoms with Gasteiger partial charge in [0.25, 0.3) is 0 Å². The number of benzene rings is 2. The van der Waals surface area contributed by atoms with E-state index in [1.165, 1.54) is 21.3 Å². The Balaban J connectivity index is 2.59. The highest BCUT2D eigenvalue weighted by Crippen LogP contribution is 2.57. The van der Waals surface area contributed by atoms with Gasteiger partial charge in [-0.05, 0) is 0 Å². The number of phenols is 5. The minimum absolute atomic E-state index is 0.158. The summed E-state index contributed by atoms with van der Waals surface area (Å²) in [6, 6.07) is 0. The summed E-state index contributed by atoms with van der Waals surface area (Å²) in [7, 11) is 4.67. The molecular weight excluding hydrogens is 420 g/mol. The third-order valence-corrected chi connectivity index (χ3v) is 4.55. The molecule has 1 aromatic heterocycles. The third-order valence-electron chi connectivity index (χ3n) is 4.55. The minimum Gasteiger partial charge on any atom is -0.504 e. The Hall–Kier alpha value is -4.35. The van der Waals surface area contributed by atoms with Crippen LogP contribution in [0.15, 0.2) is 9.21 Å². The molecule has 0 fully saturated rings. The molecule has 3 rings (SSSR count). The van der Waals surface area contributed by atoms with Crippen LogP contribution >= 0.6 is 0 Å². The van der Waals surface area contributed by atoms with E-state index in [2.05, 4.69) is 0 Å². The van der Waals surface area contributed by atoms with Gasteiger partial charge >= 0.3 is 0 Å². The number of ether oxygens (including phenoxy) is 4. The Kier molecular flexibility index (Phi) is 5.15. The maximum atomic E-state index is 12.9. The standard InChI is InChI=1S/C19H18O12/c1-27-16-9(22)5(7(20)11(24)13(16)26)14-12(25)8(21)6-10(23)17(28-2)19(30-4)18(29-3)15(6)31-14/h20,22-26H,1-4H3. The molecule has 0 spiro atoms. The first-order chi connectivity index (χ1) is 14.7. The molecule has 166 valence electrons. The van der Waals surface area contributed by atoms with Gasteiger partial charge in [0.2, 0.25) is 45.7 Å². The van der Waals surface area contributed by atoms with Crippen molar-refractivity contribution in [3.63, 3.8) is 0 Å². The maximum absolute atomic E-state index is 12.9. The van der Waals surface area contributed by atoms with E-state index < -0.39 is 68.0 Å². The zero-order valence-corrected chi connectivity index (χ0v) is 16.6. The van der Waals surface area contributed by atoms with Crippen LogP contribution in [0.5, 0.6) is 57.5 Å². The molecule has 3 aromatic rings. The predicted octanol–water partition coefficient (Wildman–Crippen LogP) is 1.73. The van der Waals surface area contributed by atoms with Crippen molar-refractivity contribution in [2.45, 2.75) is 0 Å². The number of aromatic hydroxyl groups is 6. The fourth-order valence-electron chi connectivity index (χ4n) is 3.14. The van der Waals surface area contributed by atoms with Gasteiger partial charge in [0, 0.05) is 0 Å². The third kappa shape index (κ3) is 2.79. The van der Waals surface area contributed by atoms with E-state index in [0.717, 1.165) is 7.11 Å². The molecule has 0 radical (unpaired) electrons. The van der Waals surface area contributed by atoms with Crippen molar-refractivity contribution in [2.24, 2.45) is 0 Å². The van der Waals surface area contributed by atoms with E-state index in [0.29, 0.717) is 0 Å². The molecule has 0 saturated carbocycles. The second-order valence-electron chi connectivity index (χ2n) is 6.06. The summed E-state index contributed by atoms with van der Waals surface area (Å²) >= 11 is 0. The van der Waals surface area contributed by atoms with E-state index in [1.807, 2.05) is 0 Å². The number of fused-ring (bicyclic) bond motifs is 1. The average Bonchev–Trinajstić information content (AvgIpc) is 2.75. The number of hydrogen-bond donors (Lipinski definition) is 6. The molecular formula is C19H18O12. The number of methoxy groups -OCH3 is 4. The van der Waals surface area contributed by atoms with Gasteiger partial charge in [-0.1, -0.05) is 0 Å². The summed E-state index contributed by atoms with van der Waals surface area (Å²) in [5.41, 5.74) is -2.42. The number of phenolic OH excluding ortho intramolecular Hbond substituents is 5. The van der Waals surface area contributed by atoms with Gasteiger partial charge in [0.05, 0.1) is 28.4 Å². The molecule has 31 heavy (non-hydrogen) atoms. The molecule has 0 bridgehead atoms. The lowest BCUT2D eigenvalue weighted by Crippen LogP contribution is -2.06. The monoisotopic (exact) mass is 438 g/mol. The molecule has 0 aliphatic heterocycles. The second-order valence-corrected chi connectivity index (χ2v) is 6.06. The first kappa shape index (κ1) is 21.4. The topological polar surface area (TPSA) is 189 Å². The average molecular weight is 438 g/mol. The van der Waals surface area contributed by atoms with Gasteiger partial charge in [-0.25, -0.2) is 0 Å². The lowest BCUT2D eigenvalue weighted by atomic mass is 10.0. The smallest absolute Gasteiger partial charge is 0.239 e. The Morgan fingerprint density at radius 1 is 0.581 bits per heavy atom. The summed E-state index contributed by atoms with van der Waals surface area (Å²) in [4.78, 5) is 12.9. The Bertz CT molecular complexity index is 1260. The van der Waals surface area contributed by atoms with Crippen molar-refractivity contribution in [3.05, 3.63) is 10.2 Å². The Morgan fingerprint density at radius 3 is 1.65 bits per heavy atom. The van der Waals surface area contributed by atoms with E-state index in [4.69, 9.17) is 23.4 Å². The Morgan fingerprint density at radius 2 is 1.13 bits per heavy atom. The normalized spacial score (nSPS) is 10.8. The van der Waals surface area contributed by atoms with Crippen LogP contribution in [0.3, 0.4) is 0 Å². The van der Waals surface area contributed by atoms with E-state index in [1.54, 1.807) is 0 Å². The fourth-order valence-corrected chi connectivity index (χ4v) is 3.14. The first-order valence-electron chi connectivity index (χ1n) is 8.40. The molecule has 0 atom stereocenters. The van der Waals surface area contributed by atoms with Crippen LogP contribution in [-0.2, 0) is 0 Å². The maximum Gasteiger partial charge on any atom is 0.239 e. The van der Waals surface area contributed by atoms with E-state index in [-0.39, 0.29) is 17.2 Å². The molecule has 0 aliphatic rings. The van der Waals surface area contributed by atoms with Gasteiger partial charge in [-0.2, -0.15) is 0 Å². The van der Waals surface area contributed by atoms with Crippen LogP contribution in [0.2, 0.25) is 0 Å². The van der Waals surface area contributed by atoms with Gasteiger partial charge in [0.15, 0.2) is 28.6 Å². The molecule has 0 amide bonds. The van der Waals surface area contributed by atoms with Gasteiger partial charge in [-0.3, -0.25) is 4.79 Å². The van der Waals surface area contributed by atoms with Crippen LogP contribution < -0.4 is 24.4 Å². The number of hydrogen-bond acceptors (Lipinski definition) is 12. The highest BCUT2D eigenvalue weighted by Gasteiger charge is 2.33. The molecule has 6 N–H and O–H groups in total. The molecule has 2 aromatic carbocycles. The van der Waals surface area contributed by atoms with Gasteiger partial charge in [-0.15, -0.1) is 0 Å². The lowest BCUT2D eigenvalue weighted by molar-refractivity contribution is 0.310. The van der Waals surface area contributed by atoms with Crippen molar-refractivity contribution in [2.75, 3.05) is 28.4 Å². The number of rotatable bonds is 5. The largest absolute Gasteiger partial charge is 0.504 e. The van der Waals surface area contributed by atoms with Crippen molar-refractivity contribution < 1.29 is 54.0 Å². The quantitative estimate of drug-likeness (QED) is 0.250. The molecule has 0 unspecified atom stereocenters. The highest BCUT2D eigenvalue weighted by atomic mass is 16.5. The van der Waals surface area contributed by atoms with Crippen molar-refractivity contribution in [1.82, 2.24) is 0 Å². The van der Waals surface area contributed by atoms with Crippen LogP contribution in [0.1, 0.15) is 0 Å². The zero-order chi connectivity index (χ0) is 23.2. The van der Waals surface area contributed by atoms with E-state index in [9.17, 15) is 35.4 Å². The van der Waals surface area contributed by atoms with Gasteiger partial charge in [0.1, 0.15) is 10.9 Å². The van der Waals surface area contributed by atoms with Crippen LogP contribution in [-0.4, -0.2) is 59.1 Å². The molecule has 0 saturated heterocycles. The second kappa shape index (κ2) is 7.48. The van der Waals surface area contributed by atoms with Crippen LogP contribution in [0.25, 0.3) is 22.3 Å². The van der Waals surface area contributed by atoms with E-state index >= 15 is 0 Å². The van der Waals surface area contributed by atoms with Crippen molar-refractivity contribution >= 4 is 11.0 Å². The minimum atomic E-state index is -1.20. The molecule has 12 heteroatoms. The van der Waals surface area contributed by atoms with Crippen LogP contribution in [0, 0.1) is 0 Å². The molecule has 1 heterocycles. The lowest BCUT2D eigenvalue weighted by Gasteiger charge is -2.18.